The number of rotatable bonds is 3. The molecule has 4 heteroatoms. The third kappa shape index (κ3) is 3.35. The van der Waals surface area contributed by atoms with Crippen LogP contribution in [-0.4, -0.2) is 13.0 Å². The van der Waals surface area contributed by atoms with Gasteiger partial charge in [-0.3, -0.25) is 4.79 Å². The topological polar surface area (TPSA) is 38.3 Å². The summed E-state index contributed by atoms with van der Waals surface area (Å²) < 4.78 is 5.97. The van der Waals surface area contributed by atoms with Crippen LogP contribution < -0.4 is 10.1 Å². The second kappa shape index (κ2) is 5.89. The van der Waals surface area contributed by atoms with Crippen molar-refractivity contribution in [2.75, 3.05) is 12.4 Å². The van der Waals surface area contributed by atoms with Crippen LogP contribution in [0.15, 0.2) is 46.9 Å². The summed E-state index contributed by atoms with van der Waals surface area (Å²) in [6.07, 6.45) is 0. The summed E-state index contributed by atoms with van der Waals surface area (Å²) in [4.78, 5) is 12.1. The molecule has 2 rings (SSSR count). The van der Waals surface area contributed by atoms with Gasteiger partial charge in [0.15, 0.2) is 0 Å². The van der Waals surface area contributed by atoms with Crippen molar-refractivity contribution < 1.29 is 9.53 Å². The molecule has 3 nitrogen and oxygen atoms in total. The zero-order valence-corrected chi connectivity index (χ0v) is 12.3. The monoisotopic (exact) mass is 319 g/mol. The first-order chi connectivity index (χ1) is 9.10. The maximum absolute atomic E-state index is 12.1. The molecule has 0 spiro atoms. The average molecular weight is 320 g/mol. The molecule has 0 radical (unpaired) electrons. The van der Waals surface area contributed by atoms with E-state index in [-0.39, 0.29) is 5.91 Å². The van der Waals surface area contributed by atoms with Crippen LogP contribution in [0.4, 0.5) is 5.69 Å². The summed E-state index contributed by atoms with van der Waals surface area (Å²) in [5.41, 5.74) is 2.44. The maximum Gasteiger partial charge on any atom is 0.255 e. The summed E-state index contributed by atoms with van der Waals surface area (Å²) in [5.74, 6) is 0.499. The van der Waals surface area contributed by atoms with Crippen molar-refractivity contribution in [3.63, 3.8) is 0 Å². The molecule has 1 amide bonds. The Hall–Kier alpha value is -1.81. The molecule has 0 aromatic heterocycles. The van der Waals surface area contributed by atoms with Gasteiger partial charge in [0.25, 0.3) is 5.91 Å². The van der Waals surface area contributed by atoms with E-state index in [4.69, 9.17) is 4.74 Å². The van der Waals surface area contributed by atoms with Gasteiger partial charge in [-0.1, -0.05) is 12.1 Å². The lowest BCUT2D eigenvalue weighted by molar-refractivity contribution is 0.102. The fourth-order valence-corrected chi connectivity index (χ4v) is 2.27. The molecule has 98 valence electrons. The number of hydrogen-bond acceptors (Lipinski definition) is 2. The number of carbonyl (C=O) groups is 1. The van der Waals surface area contributed by atoms with Crippen LogP contribution in [0.25, 0.3) is 0 Å². The molecule has 0 aliphatic rings. The molecule has 0 saturated heterocycles. The molecule has 19 heavy (non-hydrogen) atoms. The van der Waals surface area contributed by atoms with Crippen LogP contribution in [0.5, 0.6) is 5.75 Å². The number of halogens is 1. The zero-order valence-electron chi connectivity index (χ0n) is 10.7. The van der Waals surface area contributed by atoms with E-state index >= 15 is 0 Å². The van der Waals surface area contributed by atoms with E-state index in [0.29, 0.717) is 11.3 Å². The molecule has 2 aromatic carbocycles. The number of hydrogen-bond donors (Lipinski definition) is 1. The molecule has 0 saturated carbocycles. The van der Waals surface area contributed by atoms with Gasteiger partial charge in [0.2, 0.25) is 0 Å². The summed E-state index contributed by atoms with van der Waals surface area (Å²) in [7, 11) is 1.58. The van der Waals surface area contributed by atoms with Crippen molar-refractivity contribution in [1.82, 2.24) is 0 Å². The summed E-state index contributed by atoms with van der Waals surface area (Å²) in [5, 5.41) is 2.86. The smallest absolute Gasteiger partial charge is 0.255 e. The van der Waals surface area contributed by atoms with Crippen LogP contribution in [0.2, 0.25) is 0 Å². The van der Waals surface area contributed by atoms with E-state index in [1.54, 1.807) is 31.4 Å². The van der Waals surface area contributed by atoms with Crippen molar-refractivity contribution in [2.24, 2.45) is 0 Å². The molecule has 0 heterocycles. The number of benzene rings is 2. The molecule has 0 bridgehead atoms. The standard InChI is InChI=1S/C15H14BrNO2/c1-10-6-7-14(13(16)8-10)17-15(18)11-4-3-5-12(9-11)19-2/h3-9H,1-2H3,(H,17,18). The number of nitrogens with one attached hydrogen (secondary N) is 1. The van der Waals surface area contributed by atoms with E-state index in [1.165, 1.54) is 0 Å². The predicted molar refractivity (Wildman–Crippen MR) is 79.8 cm³/mol. The van der Waals surface area contributed by atoms with Gasteiger partial charge >= 0.3 is 0 Å². The number of amides is 1. The lowest BCUT2D eigenvalue weighted by Crippen LogP contribution is -2.12. The number of methoxy groups -OCH3 is 1. The van der Waals surface area contributed by atoms with Crippen LogP contribution in [0.3, 0.4) is 0 Å². The molecule has 2 aromatic rings. The number of aryl methyl sites for hydroxylation is 1. The highest BCUT2D eigenvalue weighted by molar-refractivity contribution is 9.10. The van der Waals surface area contributed by atoms with Crippen molar-refractivity contribution in [3.05, 3.63) is 58.1 Å². The molecule has 0 fully saturated rings. The number of carbonyl (C=O) groups excluding carboxylic acids is 1. The van der Waals surface area contributed by atoms with Gasteiger partial charge in [0.1, 0.15) is 5.75 Å². The van der Waals surface area contributed by atoms with Gasteiger partial charge in [-0.25, -0.2) is 0 Å². The first-order valence-corrected chi connectivity index (χ1v) is 6.61. The van der Waals surface area contributed by atoms with Gasteiger partial charge < -0.3 is 10.1 Å². The Balaban J connectivity index is 2.20. The predicted octanol–water partition coefficient (Wildman–Crippen LogP) is 4.02. The molecule has 0 unspecified atom stereocenters. The molecule has 0 aliphatic carbocycles. The summed E-state index contributed by atoms with van der Waals surface area (Å²) >= 11 is 3.44. The zero-order chi connectivity index (χ0) is 13.8. The Bertz CT molecular complexity index is 611. The van der Waals surface area contributed by atoms with Gasteiger partial charge in [0, 0.05) is 10.0 Å². The van der Waals surface area contributed by atoms with Crippen LogP contribution in [0.1, 0.15) is 15.9 Å². The normalized spacial score (nSPS) is 10.1. The second-order valence-corrected chi connectivity index (χ2v) is 5.02. The lowest BCUT2D eigenvalue weighted by atomic mass is 10.2. The third-order valence-electron chi connectivity index (χ3n) is 2.70. The first kappa shape index (κ1) is 13.6. The van der Waals surface area contributed by atoms with E-state index in [2.05, 4.69) is 21.2 Å². The highest BCUT2D eigenvalue weighted by atomic mass is 79.9. The Kier molecular flexibility index (Phi) is 4.22. The van der Waals surface area contributed by atoms with Crippen LogP contribution in [-0.2, 0) is 0 Å². The molecule has 1 N–H and O–H groups in total. The molecular weight excluding hydrogens is 306 g/mol. The van der Waals surface area contributed by atoms with Crippen LogP contribution >= 0.6 is 15.9 Å². The highest BCUT2D eigenvalue weighted by Gasteiger charge is 2.09. The SMILES string of the molecule is COc1cccc(C(=O)Nc2ccc(C)cc2Br)c1. The fraction of sp³-hybridized carbons (Fsp3) is 0.133. The van der Waals surface area contributed by atoms with E-state index in [1.807, 2.05) is 25.1 Å². The number of anilines is 1. The minimum absolute atomic E-state index is 0.163. The third-order valence-corrected chi connectivity index (χ3v) is 3.36. The van der Waals surface area contributed by atoms with Gasteiger partial charge in [-0.2, -0.15) is 0 Å². The Labute approximate surface area is 120 Å². The largest absolute Gasteiger partial charge is 0.497 e. The van der Waals surface area contributed by atoms with Gasteiger partial charge in [-0.15, -0.1) is 0 Å². The lowest BCUT2D eigenvalue weighted by Gasteiger charge is -2.09. The highest BCUT2D eigenvalue weighted by Crippen LogP contribution is 2.24. The second-order valence-electron chi connectivity index (χ2n) is 4.17. The van der Waals surface area contributed by atoms with Crippen molar-refractivity contribution in [2.45, 2.75) is 6.92 Å². The summed E-state index contributed by atoms with van der Waals surface area (Å²) in [6, 6.07) is 12.8. The fourth-order valence-electron chi connectivity index (χ4n) is 1.68. The van der Waals surface area contributed by atoms with E-state index < -0.39 is 0 Å². The van der Waals surface area contributed by atoms with Crippen molar-refractivity contribution in [3.8, 4) is 5.75 Å². The van der Waals surface area contributed by atoms with E-state index in [9.17, 15) is 4.79 Å². The van der Waals surface area contributed by atoms with Gasteiger partial charge in [-0.05, 0) is 58.7 Å². The minimum Gasteiger partial charge on any atom is -0.497 e. The van der Waals surface area contributed by atoms with Crippen molar-refractivity contribution in [1.29, 1.82) is 0 Å². The molecular formula is C15H14BrNO2. The van der Waals surface area contributed by atoms with Crippen molar-refractivity contribution >= 4 is 27.5 Å². The van der Waals surface area contributed by atoms with Crippen LogP contribution in [0, 0.1) is 6.92 Å². The summed E-state index contributed by atoms with van der Waals surface area (Å²) in [6.45, 7) is 2.00. The minimum atomic E-state index is -0.163. The quantitative estimate of drug-likeness (QED) is 0.928. The van der Waals surface area contributed by atoms with E-state index in [0.717, 1.165) is 15.7 Å². The maximum atomic E-state index is 12.1. The molecule has 0 aliphatic heterocycles. The number of ether oxygens (including phenoxy) is 1. The Morgan fingerprint density at radius 1 is 1.21 bits per heavy atom. The average Bonchev–Trinajstić information content (AvgIpc) is 2.42. The van der Waals surface area contributed by atoms with Gasteiger partial charge in [0.05, 0.1) is 12.8 Å². The first-order valence-electron chi connectivity index (χ1n) is 5.81. The molecule has 0 atom stereocenters. The Morgan fingerprint density at radius 3 is 2.68 bits per heavy atom. The Morgan fingerprint density at radius 2 is 2.00 bits per heavy atom.